The minimum absolute atomic E-state index is 0.851. The molecule has 0 aliphatic carbocycles. The Balaban J connectivity index is 3.63. The molecule has 0 nitrogen and oxygen atoms in total. The van der Waals surface area contributed by atoms with Crippen LogP contribution in [0.4, 0.5) is 0 Å². The van der Waals surface area contributed by atoms with E-state index in [9.17, 15) is 0 Å². The van der Waals surface area contributed by atoms with Gasteiger partial charge in [-0.3, -0.25) is 0 Å². The summed E-state index contributed by atoms with van der Waals surface area (Å²) in [6.07, 6.45) is 9.42. The molecule has 1 radical (unpaired) electrons. The molecule has 0 aromatic heterocycles. The summed E-state index contributed by atoms with van der Waals surface area (Å²) in [5.41, 5.74) is 0. The molecule has 3 atom stereocenters. The van der Waals surface area contributed by atoms with Crippen LogP contribution >= 0.6 is 0 Å². The van der Waals surface area contributed by atoms with E-state index in [-0.39, 0.29) is 0 Å². The van der Waals surface area contributed by atoms with Crippen LogP contribution in [0, 0.1) is 24.7 Å². The lowest BCUT2D eigenvalue weighted by atomic mass is 9.80. The lowest BCUT2D eigenvalue weighted by Crippen LogP contribution is -2.16. The maximum Gasteiger partial charge on any atom is -0.0391 e. The van der Waals surface area contributed by atoms with Crippen molar-refractivity contribution in [2.24, 2.45) is 17.8 Å². The molecule has 0 aliphatic heterocycles. The van der Waals surface area contributed by atoms with E-state index in [0.717, 1.165) is 24.2 Å². The van der Waals surface area contributed by atoms with Crippen molar-refractivity contribution in [3.63, 3.8) is 0 Å². The van der Waals surface area contributed by atoms with Gasteiger partial charge in [0, 0.05) is 0 Å². The molecule has 0 heterocycles. The second kappa shape index (κ2) is 9.24. The molecular formula is C15H31. The van der Waals surface area contributed by atoms with Crippen LogP contribution in [0.3, 0.4) is 0 Å². The molecule has 0 fully saturated rings. The molecule has 0 rings (SSSR count). The van der Waals surface area contributed by atoms with Gasteiger partial charge < -0.3 is 0 Å². The fourth-order valence-electron chi connectivity index (χ4n) is 2.30. The van der Waals surface area contributed by atoms with Crippen LogP contribution < -0.4 is 0 Å². The maximum atomic E-state index is 3.95. The van der Waals surface area contributed by atoms with E-state index < -0.39 is 0 Å². The zero-order valence-electron chi connectivity index (χ0n) is 11.4. The Morgan fingerprint density at radius 2 is 1.47 bits per heavy atom. The molecule has 0 aromatic carbocycles. The first kappa shape index (κ1) is 15.0. The molecule has 0 aliphatic rings. The summed E-state index contributed by atoms with van der Waals surface area (Å²) < 4.78 is 0. The molecule has 0 spiro atoms. The van der Waals surface area contributed by atoms with Crippen molar-refractivity contribution in [3.8, 4) is 0 Å². The van der Waals surface area contributed by atoms with Gasteiger partial charge in [0.15, 0.2) is 0 Å². The lowest BCUT2D eigenvalue weighted by Gasteiger charge is -2.26. The summed E-state index contributed by atoms with van der Waals surface area (Å²) >= 11 is 0. The van der Waals surface area contributed by atoms with E-state index in [1.807, 2.05) is 0 Å². The highest BCUT2D eigenvalue weighted by molar-refractivity contribution is 4.68. The van der Waals surface area contributed by atoms with Crippen molar-refractivity contribution >= 4 is 0 Å². The summed E-state index contributed by atoms with van der Waals surface area (Å²) in [5.74, 6) is 2.61. The van der Waals surface area contributed by atoms with Gasteiger partial charge >= 0.3 is 0 Å². The summed E-state index contributed by atoms with van der Waals surface area (Å²) in [4.78, 5) is 0. The molecule has 0 saturated heterocycles. The van der Waals surface area contributed by atoms with Gasteiger partial charge in [0.1, 0.15) is 0 Å². The minimum Gasteiger partial charge on any atom is -0.0654 e. The Bertz CT molecular complexity index is 128. The van der Waals surface area contributed by atoms with Crippen molar-refractivity contribution in [3.05, 3.63) is 6.92 Å². The summed E-state index contributed by atoms with van der Waals surface area (Å²) in [7, 11) is 0. The van der Waals surface area contributed by atoms with Gasteiger partial charge in [0.25, 0.3) is 0 Å². The molecule has 0 heteroatoms. The quantitative estimate of drug-likeness (QED) is 0.443. The Labute approximate surface area is 97.8 Å². The van der Waals surface area contributed by atoms with Gasteiger partial charge in [-0.25, -0.2) is 0 Å². The zero-order valence-corrected chi connectivity index (χ0v) is 11.4. The molecule has 91 valence electrons. The lowest BCUT2D eigenvalue weighted by molar-refractivity contribution is 0.250. The van der Waals surface area contributed by atoms with E-state index in [4.69, 9.17) is 0 Å². The van der Waals surface area contributed by atoms with E-state index >= 15 is 0 Å². The Kier molecular flexibility index (Phi) is 9.24. The SMILES string of the molecule is [CH2]CCC(C)C(C)C(C)CCCCCC. The highest BCUT2D eigenvalue weighted by Crippen LogP contribution is 2.27. The summed E-state index contributed by atoms with van der Waals surface area (Å²) in [5, 5.41) is 0. The molecule has 3 unspecified atom stereocenters. The monoisotopic (exact) mass is 211 g/mol. The van der Waals surface area contributed by atoms with Gasteiger partial charge in [-0.2, -0.15) is 0 Å². The standard InChI is InChI=1S/C15H31/c1-6-8-9-10-12-14(4)15(5)13(3)11-7-2/h13-15H,2,6-12H2,1,3-5H3. The maximum absolute atomic E-state index is 3.95. The summed E-state index contributed by atoms with van der Waals surface area (Å²) in [6, 6.07) is 0. The third-order valence-corrected chi connectivity index (χ3v) is 3.97. The van der Waals surface area contributed by atoms with Crippen molar-refractivity contribution in [1.29, 1.82) is 0 Å². The molecule has 0 bridgehead atoms. The number of unbranched alkanes of at least 4 members (excludes halogenated alkanes) is 3. The molecule has 0 aromatic rings. The van der Waals surface area contributed by atoms with Gasteiger partial charge in [-0.15, -0.1) is 0 Å². The second-order valence-electron chi connectivity index (χ2n) is 5.31. The minimum atomic E-state index is 0.851. The average Bonchev–Trinajstić information content (AvgIpc) is 2.23. The van der Waals surface area contributed by atoms with Crippen molar-refractivity contribution in [2.75, 3.05) is 0 Å². The highest BCUT2D eigenvalue weighted by Gasteiger charge is 2.17. The van der Waals surface area contributed by atoms with Crippen molar-refractivity contribution < 1.29 is 0 Å². The van der Waals surface area contributed by atoms with Crippen molar-refractivity contribution in [2.45, 2.75) is 72.6 Å². The topological polar surface area (TPSA) is 0 Å². The Hall–Kier alpha value is 0. The predicted octanol–water partition coefficient (Wildman–Crippen LogP) is 5.48. The highest BCUT2D eigenvalue weighted by atomic mass is 14.2. The van der Waals surface area contributed by atoms with E-state index in [0.29, 0.717) is 0 Å². The third-order valence-electron chi connectivity index (χ3n) is 3.97. The van der Waals surface area contributed by atoms with E-state index in [2.05, 4.69) is 34.6 Å². The molecule has 15 heavy (non-hydrogen) atoms. The van der Waals surface area contributed by atoms with Crippen LogP contribution in [0.25, 0.3) is 0 Å². The smallest absolute Gasteiger partial charge is 0.0391 e. The average molecular weight is 211 g/mol. The Morgan fingerprint density at radius 3 is 2.00 bits per heavy atom. The molecular weight excluding hydrogens is 180 g/mol. The largest absolute Gasteiger partial charge is 0.0654 e. The van der Waals surface area contributed by atoms with Crippen LogP contribution in [0.5, 0.6) is 0 Å². The predicted molar refractivity (Wildman–Crippen MR) is 70.8 cm³/mol. The summed E-state index contributed by atoms with van der Waals surface area (Å²) in [6.45, 7) is 13.5. The number of hydrogen-bond acceptors (Lipinski definition) is 0. The Morgan fingerprint density at radius 1 is 0.867 bits per heavy atom. The normalized spacial score (nSPS) is 17.4. The zero-order chi connectivity index (χ0) is 11.7. The molecule has 0 N–H and O–H groups in total. The van der Waals surface area contributed by atoms with E-state index in [1.165, 1.54) is 38.5 Å². The van der Waals surface area contributed by atoms with Gasteiger partial charge in [-0.05, 0) is 17.8 Å². The van der Waals surface area contributed by atoms with Crippen LogP contribution in [0.2, 0.25) is 0 Å². The van der Waals surface area contributed by atoms with Crippen molar-refractivity contribution in [1.82, 2.24) is 0 Å². The third kappa shape index (κ3) is 6.98. The first-order valence-corrected chi connectivity index (χ1v) is 6.92. The fraction of sp³-hybridized carbons (Fsp3) is 0.933. The molecule has 0 amide bonds. The first-order chi connectivity index (χ1) is 7.13. The van der Waals surface area contributed by atoms with Gasteiger partial charge in [0.2, 0.25) is 0 Å². The second-order valence-corrected chi connectivity index (χ2v) is 5.31. The fourth-order valence-corrected chi connectivity index (χ4v) is 2.30. The number of hydrogen-bond donors (Lipinski definition) is 0. The number of rotatable bonds is 9. The van der Waals surface area contributed by atoms with E-state index in [1.54, 1.807) is 0 Å². The van der Waals surface area contributed by atoms with Crippen LogP contribution in [0.1, 0.15) is 72.6 Å². The van der Waals surface area contributed by atoms with Crippen LogP contribution in [0.15, 0.2) is 0 Å². The van der Waals surface area contributed by atoms with Gasteiger partial charge in [-0.1, -0.05) is 79.6 Å². The first-order valence-electron chi connectivity index (χ1n) is 6.92. The van der Waals surface area contributed by atoms with Crippen LogP contribution in [-0.2, 0) is 0 Å². The molecule has 0 saturated carbocycles. The van der Waals surface area contributed by atoms with Crippen LogP contribution in [-0.4, -0.2) is 0 Å². The van der Waals surface area contributed by atoms with Gasteiger partial charge in [0.05, 0.1) is 0 Å².